The van der Waals surface area contributed by atoms with E-state index in [9.17, 15) is 14.0 Å². The lowest BCUT2D eigenvalue weighted by Gasteiger charge is -2.15. The van der Waals surface area contributed by atoms with Gasteiger partial charge >= 0.3 is 5.97 Å². The Kier molecular flexibility index (Phi) is 4.34. The van der Waals surface area contributed by atoms with Crippen LogP contribution in [0.1, 0.15) is 29.6 Å². The monoisotopic (exact) mass is 280 g/mol. The summed E-state index contributed by atoms with van der Waals surface area (Å²) < 4.78 is 18.0. The summed E-state index contributed by atoms with van der Waals surface area (Å²) in [6.45, 7) is 0. The number of amides is 1. The number of anilines is 1. The first-order valence-corrected chi connectivity index (χ1v) is 6.47. The summed E-state index contributed by atoms with van der Waals surface area (Å²) >= 11 is 0. The van der Waals surface area contributed by atoms with E-state index in [2.05, 4.69) is 10.1 Å². The van der Waals surface area contributed by atoms with E-state index in [0.717, 1.165) is 25.3 Å². The molecule has 2 unspecified atom stereocenters. The minimum Gasteiger partial charge on any atom is -0.465 e. The molecule has 1 aliphatic carbocycles. The van der Waals surface area contributed by atoms with Crippen molar-refractivity contribution >= 4 is 17.6 Å². The topological polar surface area (TPSA) is 81.4 Å². The molecule has 0 saturated heterocycles. The highest BCUT2D eigenvalue weighted by Gasteiger charge is 2.30. The Balaban J connectivity index is 2.13. The van der Waals surface area contributed by atoms with Gasteiger partial charge in [-0.05, 0) is 31.0 Å². The quantitative estimate of drug-likeness (QED) is 0.825. The molecule has 108 valence electrons. The largest absolute Gasteiger partial charge is 0.465 e. The Labute approximate surface area is 116 Å². The number of hydrogen-bond acceptors (Lipinski definition) is 4. The number of esters is 1. The summed E-state index contributed by atoms with van der Waals surface area (Å²) in [5.41, 5.74) is 6.01. The van der Waals surface area contributed by atoms with Gasteiger partial charge in [0.2, 0.25) is 5.91 Å². The molecule has 1 aliphatic rings. The summed E-state index contributed by atoms with van der Waals surface area (Å²) in [5, 5.41) is 2.67. The van der Waals surface area contributed by atoms with Crippen molar-refractivity contribution in [2.24, 2.45) is 11.7 Å². The van der Waals surface area contributed by atoms with Crippen molar-refractivity contribution < 1.29 is 18.7 Å². The molecule has 0 heterocycles. The van der Waals surface area contributed by atoms with Crippen LogP contribution in [0.2, 0.25) is 0 Å². The molecule has 0 aromatic heterocycles. The molecule has 2 rings (SSSR count). The van der Waals surface area contributed by atoms with Crippen LogP contribution in [0.25, 0.3) is 0 Å². The van der Waals surface area contributed by atoms with E-state index in [1.54, 1.807) is 0 Å². The molecule has 1 fully saturated rings. The summed E-state index contributed by atoms with van der Waals surface area (Å²) in [4.78, 5) is 23.4. The molecule has 1 amide bonds. The molecule has 2 atom stereocenters. The molecule has 0 spiro atoms. The van der Waals surface area contributed by atoms with Gasteiger partial charge in [-0.25, -0.2) is 9.18 Å². The number of nitrogens with one attached hydrogen (secondary N) is 1. The third kappa shape index (κ3) is 2.96. The van der Waals surface area contributed by atoms with Gasteiger partial charge in [0.05, 0.1) is 18.6 Å². The van der Waals surface area contributed by atoms with Crippen molar-refractivity contribution in [1.29, 1.82) is 0 Å². The van der Waals surface area contributed by atoms with Crippen LogP contribution in [0.5, 0.6) is 0 Å². The fourth-order valence-corrected chi connectivity index (χ4v) is 2.42. The maximum atomic E-state index is 13.5. The molecular formula is C14H17FN2O3. The Morgan fingerprint density at radius 1 is 1.40 bits per heavy atom. The Bertz CT molecular complexity index is 533. The van der Waals surface area contributed by atoms with E-state index < -0.39 is 11.8 Å². The van der Waals surface area contributed by atoms with Gasteiger partial charge in [0.25, 0.3) is 0 Å². The van der Waals surface area contributed by atoms with E-state index in [4.69, 9.17) is 5.73 Å². The smallest absolute Gasteiger partial charge is 0.340 e. The molecule has 6 heteroatoms. The number of carbonyl (C=O) groups is 2. The molecule has 20 heavy (non-hydrogen) atoms. The zero-order chi connectivity index (χ0) is 14.7. The predicted molar refractivity (Wildman–Crippen MR) is 71.7 cm³/mol. The second-order valence-corrected chi connectivity index (χ2v) is 4.88. The first-order chi connectivity index (χ1) is 9.52. The number of ether oxygens (including phenoxy) is 1. The normalized spacial score (nSPS) is 21.6. The van der Waals surface area contributed by atoms with E-state index in [1.165, 1.54) is 19.2 Å². The number of rotatable bonds is 3. The first-order valence-electron chi connectivity index (χ1n) is 6.47. The van der Waals surface area contributed by atoms with Crippen LogP contribution in [-0.4, -0.2) is 25.0 Å². The number of benzene rings is 1. The third-order valence-electron chi connectivity index (χ3n) is 3.55. The lowest BCUT2D eigenvalue weighted by molar-refractivity contribution is -0.120. The van der Waals surface area contributed by atoms with Gasteiger partial charge in [0, 0.05) is 11.7 Å². The average Bonchev–Trinajstić information content (AvgIpc) is 2.86. The minimum absolute atomic E-state index is 0.143. The van der Waals surface area contributed by atoms with Crippen molar-refractivity contribution in [3.63, 3.8) is 0 Å². The lowest BCUT2D eigenvalue weighted by atomic mass is 10.0. The SMILES string of the molecule is COC(=O)c1cc(NC(=O)C2CCCC2N)ccc1F. The van der Waals surface area contributed by atoms with Gasteiger partial charge in [0.15, 0.2) is 0 Å². The number of nitrogens with two attached hydrogens (primary N) is 1. The third-order valence-corrected chi connectivity index (χ3v) is 3.55. The van der Waals surface area contributed by atoms with Crippen LogP contribution in [0.3, 0.4) is 0 Å². The maximum Gasteiger partial charge on any atom is 0.340 e. The Hall–Kier alpha value is -1.95. The van der Waals surface area contributed by atoms with Crippen molar-refractivity contribution in [1.82, 2.24) is 0 Å². The zero-order valence-corrected chi connectivity index (χ0v) is 11.2. The van der Waals surface area contributed by atoms with E-state index >= 15 is 0 Å². The van der Waals surface area contributed by atoms with Gasteiger partial charge in [0.1, 0.15) is 5.82 Å². The van der Waals surface area contributed by atoms with Crippen molar-refractivity contribution in [3.8, 4) is 0 Å². The van der Waals surface area contributed by atoms with Crippen LogP contribution in [-0.2, 0) is 9.53 Å². The minimum atomic E-state index is -0.781. The number of halogens is 1. The average molecular weight is 280 g/mol. The van der Waals surface area contributed by atoms with Crippen molar-refractivity contribution in [2.45, 2.75) is 25.3 Å². The van der Waals surface area contributed by atoms with Crippen molar-refractivity contribution in [2.75, 3.05) is 12.4 Å². The fourth-order valence-electron chi connectivity index (χ4n) is 2.42. The van der Waals surface area contributed by atoms with E-state index in [0.29, 0.717) is 5.69 Å². The van der Waals surface area contributed by atoms with Gasteiger partial charge in [-0.2, -0.15) is 0 Å². The molecule has 0 bridgehead atoms. The highest BCUT2D eigenvalue weighted by Crippen LogP contribution is 2.25. The van der Waals surface area contributed by atoms with Crippen LogP contribution in [0, 0.1) is 11.7 Å². The lowest BCUT2D eigenvalue weighted by Crippen LogP contribution is -2.34. The molecule has 1 aromatic carbocycles. The molecule has 0 aliphatic heterocycles. The molecule has 1 saturated carbocycles. The summed E-state index contributed by atoms with van der Waals surface area (Å²) in [7, 11) is 1.17. The Morgan fingerprint density at radius 3 is 2.75 bits per heavy atom. The molecule has 0 radical (unpaired) electrons. The van der Waals surface area contributed by atoms with Crippen molar-refractivity contribution in [3.05, 3.63) is 29.6 Å². The van der Waals surface area contributed by atoms with E-state index in [1.807, 2.05) is 0 Å². The summed E-state index contributed by atoms with van der Waals surface area (Å²) in [6, 6.07) is 3.64. The number of methoxy groups -OCH3 is 1. The van der Waals surface area contributed by atoms with Crippen LogP contribution >= 0.6 is 0 Å². The second-order valence-electron chi connectivity index (χ2n) is 4.88. The van der Waals surface area contributed by atoms with Crippen LogP contribution in [0.4, 0.5) is 10.1 Å². The molecular weight excluding hydrogens is 263 g/mol. The van der Waals surface area contributed by atoms with Gasteiger partial charge in [-0.3, -0.25) is 4.79 Å². The summed E-state index contributed by atoms with van der Waals surface area (Å²) in [5.74, 6) is -1.90. The predicted octanol–water partition coefficient (Wildman–Crippen LogP) is 1.68. The Morgan fingerprint density at radius 2 is 2.15 bits per heavy atom. The molecule has 3 N–H and O–H groups in total. The fraction of sp³-hybridized carbons (Fsp3) is 0.429. The van der Waals surface area contributed by atoms with Crippen LogP contribution in [0.15, 0.2) is 18.2 Å². The second kappa shape index (κ2) is 6.00. The maximum absolute atomic E-state index is 13.5. The first kappa shape index (κ1) is 14.5. The van der Waals surface area contributed by atoms with Gasteiger partial charge in [-0.1, -0.05) is 6.42 Å². The van der Waals surface area contributed by atoms with E-state index in [-0.39, 0.29) is 23.4 Å². The van der Waals surface area contributed by atoms with Gasteiger partial charge < -0.3 is 15.8 Å². The molecule has 5 nitrogen and oxygen atoms in total. The standard InChI is InChI=1S/C14H17FN2O3/c1-20-14(19)10-7-8(5-6-11(10)15)17-13(18)9-3-2-4-12(9)16/h5-7,9,12H,2-4,16H2,1H3,(H,17,18). The zero-order valence-electron chi connectivity index (χ0n) is 11.2. The highest BCUT2D eigenvalue weighted by molar-refractivity contribution is 5.96. The number of hydrogen-bond donors (Lipinski definition) is 2. The van der Waals surface area contributed by atoms with Crippen LogP contribution < -0.4 is 11.1 Å². The molecule has 1 aromatic rings. The number of carbonyl (C=O) groups excluding carboxylic acids is 2. The highest BCUT2D eigenvalue weighted by atomic mass is 19.1. The van der Waals surface area contributed by atoms with Gasteiger partial charge in [-0.15, -0.1) is 0 Å². The summed E-state index contributed by atoms with van der Waals surface area (Å²) in [6.07, 6.45) is 2.50.